The number of furan rings is 1. The fourth-order valence-electron chi connectivity index (χ4n) is 7.81. The minimum absolute atomic E-state index is 0.840. The minimum atomic E-state index is 0.840. The van der Waals surface area contributed by atoms with Gasteiger partial charge < -0.3 is 9.32 Å². The lowest BCUT2D eigenvalue weighted by molar-refractivity contribution is 0.631. The molecule has 2 nitrogen and oxygen atoms in total. The Morgan fingerprint density at radius 2 is 0.741 bits per heavy atom. The molecule has 0 radical (unpaired) electrons. The van der Waals surface area contributed by atoms with E-state index in [1.165, 1.54) is 54.9 Å². The zero-order chi connectivity index (χ0) is 35.8. The lowest BCUT2D eigenvalue weighted by Crippen LogP contribution is -2.11. The Hall–Kier alpha value is -7.16. The molecule has 1 aromatic heterocycles. The third-order valence-corrected chi connectivity index (χ3v) is 10.5. The Morgan fingerprint density at radius 1 is 0.315 bits per heavy atom. The van der Waals surface area contributed by atoms with Gasteiger partial charge in [0.05, 0.1) is 5.69 Å². The van der Waals surface area contributed by atoms with Crippen molar-refractivity contribution in [2.75, 3.05) is 4.90 Å². The van der Waals surface area contributed by atoms with Crippen LogP contribution in [0.1, 0.15) is 0 Å². The summed E-state index contributed by atoms with van der Waals surface area (Å²) < 4.78 is 6.45. The van der Waals surface area contributed by atoms with Crippen LogP contribution in [0, 0.1) is 0 Å². The third kappa shape index (κ3) is 5.71. The SMILES string of the molecule is c1ccc(N(c2ccc(-c3ccc(-c4cccc5ccccc45)cc3)cc2)c2ccc(-c3cccc4ccccc34)cc2)c(-c2cc3ccccc3o2)c1. The van der Waals surface area contributed by atoms with E-state index in [1.54, 1.807) is 0 Å². The maximum Gasteiger partial charge on any atom is 0.137 e. The fraction of sp³-hybridized carbons (Fsp3) is 0. The van der Waals surface area contributed by atoms with Gasteiger partial charge in [-0.2, -0.15) is 0 Å². The number of para-hydroxylation sites is 2. The van der Waals surface area contributed by atoms with Gasteiger partial charge in [-0.3, -0.25) is 0 Å². The zero-order valence-electron chi connectivity index (χ0n) is 29.6. The molecule has 0 bridgehead atoms. The summed E-state index contributed by atoms with van der Waals surface area (Å²) in [7, 11) is 0. The van der Waals surface area contributed by atoms with Crippen LogP contribution in [0.25, 0.3) is 77.2 Å². The summed E-state index contributed by atoms with van der Waals surface area (Å²) in [6.45, 7) is 0. The Kier molecular flexibility index (Phi) is 7.85. The number of nitrogens with zero attached hydrogens (tertiary/aromatic N) is 1. The first-order valence-electron chi connectivity index (χ1n) is 18.4. The summed E-state index contributed by atoms with van der Waals surface area (Å²) in [5, 5.41) is 6.10. The van der Waals surface area contributed by atoms with Gasteiger partial charge in [-0.15, -0.1) is 0 Å². The molecule has 10 rings (SSSR count). The van der Waals surface area contributed by atoms with E-state index in [2.05, 4.69) is 205 Å². The predicted molar refractivity (Wildman–Crippen MR) is 228 cm³/mol. The number of hydrogen-bond acceptors (Lipinski definition) is 2. The number of benzene rings is 9. The zero-order valence-corrected chi connectivity index (χ0v) is 29.6. The fourth-order valence-corrected chi connectivity index (χ4v) is 7.81. The maximum atomic E-state index is 6.45. The second-order valence-corrected chi connectivity index (χ2v) is 13.7. The van der Waals surface area contributed by atoms with E-state index in [-0.39, 0.29) is 0 Å². The molecule has 9 aromatic carbocycles. The molecular weight excluding hydrogens is 655 g/mol. The Bertz CT molecular complexity index is 2880. The van der Waals surface area contributed by atoms with Gasteiger partial charge in [-0.05, 0) is 103 Å². The molecule has 0 fully saturated rings. The Morgan fingerprint density at radius 3 is 1.33 bits per heavy atom. The molecule has 10 aromatic rings. The largest absolute Gasteiger partial charge is 0.456 e. The van der Waals surface area contributed by atoms with Gasteiger partial charge in [0.1, 0.15) is 11.3 Å². The van der Waals surface area contributed by atoms with Gasteiger partial charge >= 0.3 is 0 Å². The topological polar surface area (TPSA) is 16.4 Å². The van der Waals surface area contributed by atoms with E-state index in [0.29, 0.717) is 0 Å². The summed E-state index contributed by atoms with van der Waals surface area (Å²) in [6, 6.07) is 75.8. The van der Waals surface area contributed by atoms with Crippen molar-refractivity contribution in [1.82, 2.24) is 0 Å². The molecule has 0 N–H and O–H groups in total. The molecule has 0 saturated carbocycles. The van der Waals surface area contributed by atoms with Crippen LogP contribution >= 0.6 is 0 Å². The van der Waals surface area contributed by atoms with E-state index in [0.717, 1.165) is 39.4 Å². The Labute approximate surface area is 314 Å². The molecule has 0 aliphatic heterocycles. The summed E-state index contributed by atoms with van der Waals surface area (Å²) in [5.41, 5.74) is 12.3. The highest BCUT2D eigenvalue weighted by Crippen LogP contribution is 2.43. The lowest BCUT2D eigenvalue weighted by Gasteiger charge is -2.27. The van der Waals surface area contributed by atoms with Crippen LogP contribution in [0.5, 0.6) is 0 Å². The molecule has 0 aliphatic rings. The Balaban J connectivity index is 1.04. The first-order valence-corrected chi connectivity index (χ1v) is 18.4. The number of rotatable bonds is 7. The molecule has 0 aliphatic carbocycles. The standard InChI is InChI=1S/C52H35NO/c1-4-16-45-38(11-1)14-9-19-47(45)40-25-23-36(24-26-40)37-27-31-43(32-28-37)53(50-21-7-6-18-49(50)52-35-42-13-3-8-22-51(42)54-52)44-33-29-41(30-34-44)48-20-10-15-39-12-2-5-17-46(39)48/h1-35H. The van der Waals surface area contributed by atoms with Gasteiger partial charge in [0.2, 0.25) is 0 Å². The van der Waals surface area contributed by atoms with Gasteiger partial charge in [-0.1, -0.05) is 164 Å². The van der Waals surface area contributed by atoms with Crippen molar-refractivity contribution in [3.8, 4) is 44.7 Å². The van der Waals surface area contributed by atoms with E-state index < -0.39 is 0 Å². The summed E-state index contributed by atoms with van der Waals surface area (Å²) in [5.74, 6) is 0.840. The predicted octanol–water partition coefficient (Wildman–Crippen LogP) is 14.9. The van der Waals surface area contributed by atoms with Crippen LogP contribution in [0.3, 0.4) is 0 Å². The third-order valence-electron chi connectivity index (χ3n) is 10.5. The molecule has 0 unspecified atom stereocenters. The normalized spacial score (nSPS) is 11.3. The minimum Gasteiger partial charge on any atom is -0.456 e. The lowest BCUT2D eigenvalue weighted by atomic mass is 9.96. The quantitative estimate of drug-likeness (QED) is 0.166. The highest BCUT2D eigenvalue weighted by atomic mass is 16.3. The summed E-state index contributed by atoms with van der Waals surface area (Å²) in [6.07, 6.45) is 0. The van der Waals surface area contributed by atoms with Crippen LogP contribution < -0.4 is 4.90 Å². The maximum absolute atomic E-state index is 6.45. The second-order valence-electron chi connectivity index (χ2n) is 13.7. The van der Waals surface area contributed by atoms with Crippen molar-refractivity contribution in [3.63, 3.8) is 0 Å². The second kappa shape index (κ2) is 13.4. The van der Waals surface area contributed by atoms with Gasteiger partial charge in [-0.25, -0.2) is 0 Å². The smallest absolute Gasteiger partial charge is 0.137 e. The van der Waals surface area contributed by atoms with Crippen molar-refractivity contribution in [1.29, 1.82) is 0 Å². The monoisotopic (exact) mass is 689 g/mol. The van der Waals surface area contributed by atoms with Crippen LogP contribution in [-0.4, -0.2) is 0 Å². The highest BCUT2D eigenvalue weighted by molar-refractivity contribution is 5.98. The van der Waals surface area contributed by atoms with Crippen LogP contribution in [-0.2, 0) is 0 Å². The van der Waals surface area contributed by atoms with Gasteiger partial charge in [0.25, 0.3) is 0 Å². The average Bonchev–Trinajstić information content (AvgIpc) is 3.69. The van der Waals surface area contributed by atoms with E-state index >= 15 is 0 Å². The molecule has 0 atom stereocenters. The molecule has 0 amide bonds. The van der Waals surface area contributed by atoms with Crippen molar-refractivity contribution in [3.05, 3.63) is 212 Å². The van der Waals surface area contributed by atoms with Crippen molar-refractivity contribution in [2.45, 2.75) is 0 Å². The van der Waals surface area contributed by atoms with Crippen molar-refractivity contribution < 1.29 is 4.42 Å². The van der Waals surface area contributed by atoms with Crippen molar-refractivity contribution >= 4 is 49.6 Å². The number of anilines is 3. The van der Waals surface area contributed by atoms with Crippen LogP contribution in [0.15, 0.2) is 217 Å². The number of fused-ring (bicyclic) bond motifs is 3. The highest BCUT2D eigenvalue weighted by Gasteiger charge is 2.20. The molecular formula is C52H35NO. The van der Waals surface area contributed by atoms with Crippen LogP contribution in [0.4, 0.5) is 17.1 Å². The first kappa shape index (κ1) is 31.6. The molecule has 254 valence electrons. The molecule has 1 heterocycles. The molecule has 2 heteroatoms. The van der Waals surface area contributed by atoms with E-state index in [1.807, 2.05) is 12.1 Å². The van der Waals surface area contributed by atoms with E-state index in [4.69, 9.17) is 4.42 Å². The van der Waals surface area contributed by atoms with Gasteiger partial charge in [0, 0.05) is 22.3 Å². The summed E-state index contributed by atoms with van der Waals surface area (Å²) in [4.78, 5) is 2.34. The van der Waals surface area contributed by atoms with E-state index in [9.17, 15) is 0 Å². The molecule has 0 saturated heterocycles. The number of hydrogen-bond donors (Lipinski definition) is 0. The first-order chi connectivity index (χ1) is 26.8. The summed E-state index contributed by atoms with van der Waals surface area (Å²) >= 11 is 0. The van der Waals surface area contributed by atoms with Gasteiger partial charge in [0.15, 0.2) is 0 Å². The molecule has 54 heavy (non-hydrogen) atoms. The van der Waals surface area contributed by atoms with Crippen LogP contribution in [0.2, 0.25) is 0 Å². The van der Waals surface area contributed by atoms with Crippen molar-refractivity contribution in [2.24, 2.45) is 0 Å². The average molecular weight is 690 g/mol. The molecule has 0 spiro atoms.